The standard InChI is InChI=1S/C14H18N4O/c1-4-8-19-12(5-1)9-15-13-10-17-14(11-16-13)18-6-2-3-7-18/h2-3,6-7,10-12H,1,4-5,8-9H2,(H,15,16). The molecule has 2 aromatic heterocycles. The van der Waals surface area contributed by atoms with Crippen LogP contribution in [0.3, 0.4) is 0 Å². The number of anilines is 1. The number of ether oxygens (including phenoxy) is 1. The van der Waals surface area contributed by atoms with E-state index < -0.39 is 0 Å². The molecule has 0 aliphatic carbocycles. The molecule has 1 unspecified atom stereocenters. The average Bonchev–Trinajstić information content (AvgIpc) is 3.01. The minimum Gasteiger partial charge on any atom is -0.376 e. The molecule has 5 nitrogen and oxygen atoms in total. The summed E-state index contributed by atoms with van der Waals surface area (Å²) in [6.07, 6.45) is 11.3. The number of nitrogens with one attached hydrogen (secondary N) is 1. The van der Waals surface area contributed by atoms with Crippen molar-refractivity contribution in [1.82, 2.24) is 14.5 Å². The summed E-state index contributed by atoms with van der Waals surface area (Å²) in [5.74, 6) is 1.62. The summed E-state index contributed by atoms with van der Waals surface area (Å²) in [6.45, 7) is 1.68. The Morgan fingerprint density at radius 2 is 2.11 bits per heavy atom. The van der Waals surface area contributed by atoms with Crippen LogP contribution in [-0.4, -0.2) is 33.8 Å². The summed E-state index contributed by atoms with van der Waals surface area (Å²) < 4.78 is 7.60. The molecule has 19 heavy (non-hydrogen) atoms. The van der Waals surface area contributed by atoms with Crippen LogP contribution in [0.4, 0.5) is 5.82 Å². The lowest BCUT2D eigenvalue weighted by Gasteiger charge is -2.22. The van der Waals surface area contributed by atoms with Crippen LogP contribution >= 0.6 is 0 Å². The zero-order valence-electron chi connectivity index (χ0n) is 10.8. The molecule has 1 fully saturated rings. The van der Waals surface area contributed by atoms with Crippen molar-refractivity contribution in [2.75, 3.05) is 18.5 Å². The van der Waals surface area contributed by atoms with Crippen LogP contribution in [-0.2, 0) is 4.74 Å². The van der Waals surface area contributed by atoms with E-state index in [4.69, 9.17) is 4.74 Å². The first-order valence-corrected chi connectivity index (χ1v) is 6.73. The fraction of sp³-hybridized carbons (Fsp3) is 0.429. The van der Waals surface area contributed by atoms with Crippen LogP contribution in [0.15, 0.2) is 36.9 Å². The summed E-state index contributed by atoms with van der Waals surface area (Å²) in [4.78, 5) is 8.75. The Balaban J connectivity index is 1.57. The maximum atomic E-state index is 5.67. The summed E-state index contributed by atoms with van der Waals surface area (Å²) in [5, 5.41) is 3.28. The van der Waals surface area contributed by atoms with E-state index in [1.54, 1.807) is 12.4 Å². The Hall–Kier alpha value is -1.88. The van der Waals surface area contributed by atoms with Gasteiger partial charge in [0.05, 0.1) is 18.5 Å². The number of nitrogens with zero attached hydrogens (tertiary/aromatic N) is 3. The number of aromatic nitrogens is 3. The molecule has 3 heterocycles. The van der Waals surface area contributed by atoms with Crippen molar-refractivity contribution in [2.45, 2.75) is 25.4 Å². The van der Waals surface area contributed by atoms with Crippen molar-refractivity contribution in [3.8, 4) is 5.82 Å². The van der Waals surface area contributed by atoms with Crippen molar-refractivity contribution < 1.29 is 4.74 Å². The van der Waals surface area contributed by atoms with Crippen molar-refractivity contribution in [1.29, 1.82) is 0 Å². The Bertz CT molecular complexity index is 489. The number of hydrogen-bond acceptors (Lipinski definition) is 4. The Morgan fingerprint density at radius 1 is 1.21 bits per heavy atom. The van der Waals surface area contributed by atoms with Crippen LogP contribution in [0.2, 0.25) is 0 Å². The van der Waals surface area contributed by atoms with Crippen molar-refractivity contribution >= 4 is 5.82 Å². The molecular weight excluding hydrogens is 240 g/mol. The Labute approximate surface area is 112 Å². The topological polar surface area (TPSA) is 52.0 Å². The van der Waals surface area contributed by atoms with Gasteiger partial charge in [-0.2, -0.15) is 0 Å². The van der Waals surface area contributed by atoms with Gasteiger partial charge in [-0.1, -0.05) is 0 Å². The highest BCUT2D eigenvalue weighted by Gasteiger charge is 2.13. The maximum Gasteiger partial charge on any atom is 0.155 e. The van der Waals surface area contributed by atoms with Gasteiger partial charge in [-0.05, 0) is 31.4 Å². The normalized spacial score (nSPS) is 19.3. The lowest BCUT2D eigenvalue weighted by Crippen LogP contribution is -2.27. The summed E-state index contributed by atoms with van der Waals surface area (Å²) in [7, 11) is 0. The van der Waals surface area contributed by atoms with Gasteiger partial charge in [0.1, 0.15) is 5.82 Å². The van der Waals surface area contributed by atoms with Gasteiger partial charge in [-0.15, -0.1) is 0 Å². The van der Waals surface area contributed by atoms with Crippen molar-refractivity contribution in [2.24, 2.45) is 0 Å². The number of rotatable bonds is 4. The Morgan fingerprint density at radius 3 is 2.79 bits per heavy atom. The fourth-order valence-corrected chi connectivity index (χ4v) is 2.22. The average molecular weight is 258 g/mol. The van der Waals surface area contributed by atoms with Crippen LogP contribution in [0, 0.1) is 0 Å². The molecule has 0 bridgehead atoms. The molecule has 3 rings (SSSR count). The first-order valence-electron chi connectivity index (χ1n) is 6.73. The quantitative estimate of drug-likeness (QED) is 0.914. The van der Waals surface area contributed by atoms with Crippen molar-refractivity contribution in [3.05, 3.63) is 36.9 Å². The largest absolute Gasteiger partial charge is 0.376 e. The third-order valence-electron chi connectivity index (χ3n) is 3.29. The molecule has 100 valence electrons. The van der Waals surface area contributed by atoms with Crippen molar-refractivity contribution in [3.63, 3.8) is 0 Å². The first-order chi connectivity index (χ1) is 9.42. The second-order valence-corrected chi connectivity index (χ2v) is 4.72. The minimum absolute atomic E-state index is 0.305. The summed E-state index contributed by atoms with van der Waals surface area (Å²) >= 11 is 0. The first kappa shape index (κ1) is 12.2. The Kier molecular flexibility index (Phi) is 3.74. The molecule has 0 saturated carbocycles. The van der Waals surface area contributed by atoms with E-state index in [0.717, 1.165) is 31.2 Å². The third-order valence-corrected chi connectivity index (χ3v) is 3.29. The summed E-state index contributed by atoms with van der Waals surface area (Å²) in [6, 6.07) is 3.93. The highest BCUT2D eigenvalue weighted by atomic mass is 16.5. The maximum absolute atomic E-state index is 5.67. The third kappa shape index (κ3) is 3.12. The van der Waals surface area contributed by atoms with E-state index in [1.807, 2.05) is 29.1 Å². The predicted octanol–water partition coefficient (Wildman–Crippen LogP) is 2.25. The molecule has 0 radical (unpaired) electrons. The molecule has 1 aliphatic rings. The van der Waals surface area contributed by atoms with Crippen LogP contribution < -0.4 is 5.32 Å². The molecule has 0 aromatic carbocycles. The molecule has 1 atom stereocenters. The van der Waals surface area contributed by atoms with Gasteiger partial charge in [-0.25, -0.2) is 9.97 Å². The molecular formula is C14H18N4O. The van der Waals surface area contributed by atoms with E-state index in [0.29, 0.717) is 6.10 Å². The molecule has 2 aromatic rings. The van der Waals surface area contributed by atoms with Gasteiger partial charge < -0.3 is 14.6 Å². The fourth-order valence-electron chi connectivity index (χ4n) is 2.22. The SMILES string of the molecule is c1ccn(-c2cnc(NCC3CCCCO3)cn2)c1. The van der Waals surface area contributed by atoms with Crippen LogP contribution in [0.5, 0.6) is 0 Å². The van der Waals surface area contributed by atoms with Gasteiger partial charge in [0.15, 0.2) is 5.82 Å². The smallest absolute Gasteiger partial charge is 0.155 e. The van der Waals surface area contributed by atoms with Gasteiger partial charge >= 0.3 is 0 Å². The lowest BCUT2D eigenvalue weighted by molar-refractivity contribution is 0.0247. The van der Waals surface area contributed by atoms with Gasteiger partial charge in [0.2, 0.25) is 0 Å². The zero-order chi connectivity index (χ0) is 12.9. The van der Waals surface area contributed by atoms with Gasteiger partial charge in [0.25, 0.3) is 0 Å². The minimum atomic E-state index is 0.305. The van der Waals surface area contributed by atoms with E-state index in [1.165, 1.54) is 12.8 Å². The lowest BCUT2D eigenvalue weighted by atomic mass is 10.1. The predicted molar refractivity (Wildman–Crippen MR) is 73.4 cm³/mol. The van der Waals surface area contributed by atoms with Gasteiger partial charge in [0, 0.05) is 25.5 Å². The molecule has 1 aliphatic heterocycles. The zero-order valence-corrected chi connectivity index (χ0v) is 10.8. The van der Waals surface area contributed by atoms with E-state index in [-0.39, 0.29) is 0 Å². The van der Waals surface area contributed by atoms with E-state index in [2.05, 4.69) is 15.3 Å². The van der Waals surface area contributed by atoms with Crippen LogP contribution in [0.25, 0.3) is 5.82 Å². The molecule has 5 heteroatoms. The highest BCUT2D eigenvalue weighted by molar-refractivity contribution is 5.34. The van der Waals surface area contributed by atoms with E-state index in [9.17, 15) is 0 Å². The molecule has 1 N–H and O–H groups in total. The highest BCUT2D eigenvalue weighted by Crippen LogP contribution is 2.13. The summed E-state index contributed by atoms with van der Waals surface area (Å²) in [5.41, 5.74) is 0. The number of hydrogen-bond donors (Lipinski definition) is 1. The van der Waals surface area contributed by atoms with Crippen LogP contribution in [0.1, 0.15) is 19.3 Å². The molecule has 0 amide bonds. The molecule has 1 saturated heterocycles. The van der Waals surface area contributed by atoms with Gasteiger partial charge in [-0.3, -0.25) is 0 Å². The van der Waals surface area contributed by atoms with E-state index >= 15 is 0 Å². The second kappa shape index (κ2) is 5.84. The monoisotopic (exact) mass is 258 g/mol. The second-order valence-electron chi connectivity index (χ2n) is 4.72. The molecule has 0 spiro atoms.